The van der Waals surface area contributed by atoms with Gasteiger partial charge in [-0.15, -0.1) is 0 Å². The summed E-state index contributed by atoms with van der Waals surface area (Å²) in [7, 11) is 0. The van der Waals surface area contributed by atoms with Crippen LogP contribution in [-0.4, -0.2) is 15.9 Å². The first-order valence-corrected chi connectivity index (χ1v) is 7.03. The standard InChI is InChI=1S/C17H12F2N4O/c18-11-4-6-13(7-5-11)21-16(24)15-8-9-20-17(23-15)22-14-3-1-2-12(19)10-14/h1-10H,(H,21,24)(H,20,22,23). The second kappa shape index (κ2) is 6.82. The number of hydrogen-bond acceptors (Lipinski definition) is 4. The molecular weight excluding hydrogens is 314 g/mol. The predicted molar refractivity (Wildman–Crippen MR) is 86.1 cm³/mol. The molecule has 3 rings (SSSR count). The molecule has 0 saturated heterocycles. The Labute approximate surface area is 136 Å². The van der Waals surface area contributed by atoms with E-state index in [1.165, 1.54) is 48.7 Å². The van der Waals surface area contributed by atoms with E-state index in [1.807, 2.05) is 0 Å². The highest BCUT2D eigenvalue weighted by Crippen LogP contribution is 2.15. The second-order valence-corrected chi connectivity index (χ2v) is 4.86. The zero-order valence-corrected chi connectivity index (χ0v) is 12.3. The van der Waals surface area contributed by atoms with Gasteiger partial charge in [0.2, 0.25) is 5.95 Å². The maximum Gasteiger partial charge on any atom is 0.274 e. The van der Waals surface area contributed by atoms with E-state index in [0.29, 0.717) is 11.4 Å². The second-order valence-electron chi connectivity index (χ2n) is 4.86. The number of hydrogen-bond donors (Lipinski definition) is 2. The van der Waals surface area contributed by atoms with Crippen molar-refractivity contribution in [3.63, 3.8) is 0 Å². The molecule has 5 nitrogen and oxygen atoms in total. The van der Waals surface area contributed by atoms with Crippen LogP contribution in [0.2, 0.25) is 0 Å². The van der Waals surface area contributed by atoms with E-state index in [1.54, 1.807) is 12.1 Å². The van der Waals surface area contributed by atoms with Crippen LogP contribution in [0.3, 0.4) is 0 Å². The molecular formula is C17H12F2N4O. The summed E-state index contributed by atoms with van der Waals surface area (Å²) in [5.41, 5.74) is 1.03. The summed E-state index contributed by atoms with van der Waals surface area (Å²) in [6.07, 6.45) is 1.41. The molecule has 3 aromatic rings. The molecule has 0 fully saturated rings. The summed E-state index contributed by atoms with van der Waals surface area (Å²) in [6, 6.07) is 12.6. The van der Waals surface area contributed by atoms with Crippen LogP contribution >= 0.6 is 0 Å². The fourth-order valence-corrected chi connectivity index (χ4v) is 1.97. The summed E-state index contributed by atoms with van der Waals surface area (Å²) < 4.78 is 26.0. The third-order valence-electron chi connectivity index (χ3n) is 3.07. The number of halogens is 2. The molecule has 1 heterocycles. The molecule has 120 valence electrons. The van der Waals surface area contributed by atoms with E-state index in [0.717, 1.165) is 0 Å². The molecule has 0 aliphatic heterocycles. The van der Waals surface area contributed by atoms with Gasteiger partial charge in [-0.1, -0.05) is 6.07 Å². The number of amides is 1. The van der Waals surface area contributed by atoms with E-state index in [-0.39, 0.29) is 11.6 Å². The molecule has 0 unspecified atom stereocenters. The molecule has 1 amide bonds. The molecule has 7 heteroatoms. The van der Waals surface area contributed by atoms with Crippen molar-refractivity contribution in [2.45, 2.75) is 0 Å². The van der Waals surface area contributed by atoms with Crippen molar-refractivity contribution in [1.29, 1.82) is 0 Å². The number of carbonyl (C=O) groups excluding carboxylic acids is 1. The molecule has 2 aromatic carbocycles. The van der Waals surface area contributed by atoms with Crippen LogP contribution in [-0.2, 0) is 0 Å². The number of benzene rings is 2. The zero-order valence-electron chi connectivity index (χ0n) is 12.3. The molecule has 0 aliphatic rings. The minimum atomic E-state index is -0.466. The number of nitrogens with one attached hydrogen (secondary N) is 2. The minimum absolute atomic E-state index is 0.119. The SMILES string of the molecule is O=C(Nc1ccc(F)cc1)c1ccnc(Nc2cccc(F)c2)n1. The predicted octanol–water partition coefficient (Wildman–Crippen LogP) is 3.75. The zero-order chi connectivity index (χ0) is 16.9. The van der Waals surface area contributed by atoms with Gasteiger partial charge in [-0.2, -0.15) is 0 Å². The van der Waals surface area contributed by atoms with E-state index in [2.05, 4.69) is 20.6 Å². The molecule has 0 aliphatic carbocycles. The minimum Gasteiger partial charge on any atom is -0.324 e. The van der Waals surface area contributed by atoms with Crippen LogP contribution in [0.15, 0.2) is 60.8 Å². The molecule has 0 radical (unpaired) electrons. The average molecular weight is 326 g/mol. The highest BCUT2D eigenvalue weighted by Gasteiger charge is 2.09. The number of aromatic nitrogens is 2. The van der Waals surface area contributed by atoms with Crippen molar-refractivity contribution in [3.8, 4) is 0 Å². The normalized spacial score (nSPS) is 10.2. The van der Waals surface area contributed by atoms with Gasteiger partial charge in [-0.3, -0.25) is 4.79 Å². The Morgan fingerprint density at radius 3 is 2.46 bits per heavy atom. The van der Waals surface area contributed by atoms with Gasteiger partial charge >= 0.3 is 0 Å². The van der Waals surface area contributed by atoms with Crippen LogP contribution in [0, 0.1) is 11.6 Å². The maximum absolute atomic E-state index is 13.2. The highest BCUT2D eigenvalue weighted by molar-refractivity contribution is 6.02. The van der Waals surface area contributed by atoms with Gasteiger partial charge in [0.25, 0.3) is 5.91 Å². The number of carbonyl (C=O) groups is 1. The molecule has 0 saturated carbocycles. The summed E-state index contributed by atoms with van der Waals surface area (Å²) in [4.78, 5) is 20.2. The number of nitrogens with zero attached hydrogens (tertiary/aromatic N) is 2. The summed E-state index contributed by atoms with van der Waals surface area (Å²) in [5.74, 6) is -1.10. The first kappa shape index (κ1) is 15.5. The Balaban J connectivity index is 1.74. The summed E-state index contributed by atoms with van der Waals surface area (Å²) in [6.45, 7) is 0. The van der Waals surface area contributed by atoms with Gasteiger partial charge in [-0.25, -0.2) is 18.7 Å². The number of rotatable bonds is 4. The van der Waals surface area contributed by atoms with Crippen molar-refractivity contribution in [3.05, 3.63) is 78.1 Å². The van der Waals surface area contributed by atoms with Crippen molar-refractivity contribution >= 4 is 23.2 Å². The largest absolute Gasteiger partial charge is 0.324 e. The van der Waals surface area contributed by atoms with E-state index in [9.17, 15) is 13.6 Å². The molecule has 1 aromatic heterocycles. The maximum atomic E-state index is 13.2. The third-order valence-corrected chi connectivity index (χ3v) is 3.07. The Kier molecular flexibility index (Phi) is 4.42. The van der Waals surface area contributed by atoms with Crippen molar-refractivity contribution in [2.75, 3.05) is 10.6 Å². The van der Waals surface area contributed by atoms with Crippen LogP contribution in [0.25, 0.3) is 0 Å². The van der Waals surface area contributed by atoms with Crippen LogP contribution in [0.1, 0.15) is 10.5 Å². The molecule has 24 heavy (non-hydrogen) atoms. The van der Waals surface area contributed by atoms with E-state index in [4.69, 9.17) is 0 Å². The quantitative estimate of drug-likeness (QED) is 0.766. The summed E-state index contributed by atoms with van der Waals surface area (Å²) in [5, 5.41) is 5.42. The van der Waals surface area contributed by atoms with Crippen molar-refractivity contribution in [2.24, 2.45) is 0 Å². The van der Waals surface area contributed by atoms with Crippen LogP contribution in [0.5, 0.6) is 0 Å². The first-order valence-electron chi connectivity index (χ1n) is 7.03. The van der Waals surface area contributed by atoms with Gasteiger partial charge in [0.15, 0.2) is 0 Å². The van der Waals surface area contributed by atoms with Crippen molar-refractivity contribution < 1.29 is 13.6 Å². The Bertz CT molecular complexity index is 868. The van der Waals surface area contributed by atoms with Gasteiger partial charge in [0.1, 0.15) is 17.3 Å². The third kappa shape index (κ3) is 3.89. The lowest BCUT2D eigenvalue weighted by Gasteiger charge is -2.07. The first-order chi connectivity index (χ1) is 11.6. The smallest absolute Gasteiger partial charge is 0.274 e. The molecule has 0 atom stereocenters. The fourth-order valence-electron chi connectivity index (χ4n) is 1.97. The lowest BCUT2D eigenvalue weighted by atomic mass is 10.3. The van der Waals surface area contributed by atoms with Gasteiger partial charge < -0.3 is 10.6 Å². The summed E-state index contributed by atoms with van der Waals surface area (Å²) >= 11 is 0. The van der Waals surface area contributed by atoms with Gasteiger partial charge in [0.05, 0.1) is 0 Å². The van der Waals surface area contributed by atoms with E-state index >= 15 is 0 Å². The molecule has 0 bridgehead atoms. The fraction of sp³-hybridized carbons (Fsp3) is 0. The topological polar surface area (TPSA) is 66.9 Å². The van der Waals surface area contributed by atoms with Gasteiger partial charge in [-0.05, 0) is 48.5 Å². The molecule has 2 N–H and O–H groups in total. The van der Waals surface area contributed by atoms with Crippen LogP contribution < -0.4 is 10.6 Å². The van der Waals surface area contributed by atoms with Crippen molar-refractivity contribution in [1.82, 2.24) is 9.97 Å². The Morgan fingerprint density at radius 1 is 0.917 bits per heavy atom. The Hall–Kier alpha value is -3.35. The average Bonchev–Trinajstić information content (AvgIpc) is 2.57. The highest BCUT2D eigenvalue weighted by atomic mass is 19.1. The number of anilines is 3. The van der Waals surface area contributed by atoms with Crippen LogP contribution in [0.4, 0.5) is 26.1 Å². The molecule has 0 spiro atoms. The Morgan fingerprint density at radius 2 is 1.71 bits per heavy atom. The lowest BCUT2D eigenvalue weighted by Crippen LogP contribution is -2.14. The van der Waals surface area contributed by atoms with E-state index < -0.39 is 17.5 Å². The van der Waals surface area contributed by atoms with Gasteiger partial charge in [0, 0.05) is 17.6 Å². The monoisotopic (exact) mass is 326 g/mol. The lowest BCUT2D eigenvalue weighted by molar-refractivity contribution is 0.102.